The van der Waals surface area contributed by atoms with E-state index in [-0.39, 0.29) is 0 Å². The van der Waals surface area contributed by atoms with E-state index in [1.165, 1.54) is 0 Å². The Morgan fingerprint density at radius 3 is 2.95 bits per heavy atom. The minimum absolute atomic E-state index is 0.744. The highest BCUT2D eigenvalue weighted by Crippen LogP contribution is 2.30. The summed E-state index contributed by atoms with van der Waals surface area (Å²) in [6.45, 7) is 3.93. The molecular weight excluding hydrogens is 282 g/mol. The average Bonchev–Trinajstić information content (AvgIpc) is 2.78. The summed E-state index contributed by atoms with van der Waals surface area (Å²) >= 11 is 7.60. The van der Waals surface area contributed by atoms with Gasteiger partial charge in [0.05, 0.1) is 0 Å². The molecular formula is C12H16ClN5S. The Kier molecular flexibility index (Phi) is 5.18. The van der Waals surface area contributed by atoms with Gasteiger partial charge in [0.2, 0.25) is 5.16 Å². The van der Waals surface area contributed by atoms with Gasteiger partial charge in [-0.1, -0.05) is 18.5 Å². The van der Waals surface area contributed by atoms with Gasteiger partial charge in [0.25, 0.3) is 0 Å². The number of nitrogens with one attached hydrogen (secondary N) is 1. The lowest BCUT2D eigenvalue weighted by Gasteiger charge is -2.09. The van der Waals surface area contributed by atoms with E-state index in [1.54, 1.807) is 16.4 Å². The molecule has 0 aliphatic carbocycles. The van der Waals surface area contributed by atoms with Crippen molar-refractivity contribution in [3.8, 4) is 0 Å². The smallest absolute Gasteiger partial charge is 0.213 e. The summed E-state index contributed by atoms with van der Waals surface area (Å²) in [6, 6.07) is 5.87. The molecule has 19 heavy (non-hydrogen) atoms. The number of tetrazole rings is 1. The van der Waals surface area contributed by atoms with Crippen molar-refractivity contribution < 1.29 is 0 Å². The van der Waals surface area contributed by atoms with Crippen LogP contribution in [-0.4, -0.2) is 26.8 Å². The van der Waals surface area contributed by atoms with E-state index in [1.807, 2.05) is 25.2 Å². The van der Waals surface area contributed by atoms with Gasteiger partial charge < -0.3 is 5.32 Å². The van der Waals surface area contributed by atoms with Gasteiger partial charge in [-0.3, -0.25) is 0 Å². The minimum atomic E-state index is 0.744. The Morgan fingerprint density at radius 2 is 2.26 bits per heavy atom. The summed E-state index contributed by atoms with van der Waals surface area (Å²) in [7, 11) is 1.83. The molecule has 7 heteroatoms. The van der Waals surface area contributed by atoms with Gasteiger partial charge in [-0.05, 0) is 58.9 Å². The third kappa shape index (κ3) is 3.92. The second-order valence-corrected chi connectivity index (χ2v) is 5.56. The number of nitrogens with zero attached hydrogens (tertiary/aromatic N) is 4. The standard InChI is InChI=1S/C12H16ClN5S/c1-3-6-14-8-9-7-10(13)4-5-11(9)19-12-15-16-17-18(12)2/h4-5,7,14H,3,6,8H2,1-2H3. The molecule has 0 saturated heterocycles. The van der Waals surface area contributed by atoms with Crippen molar-refractivity contribution in [3.05, 3.63) is 28.8 Å². The van der Waals surface area contributed by atoms with E-state index < -0.39 is 0 Å². The fourth-order valence-electron chi connectivity index (χ4n) is 1.59. The van der Waals surface area contributed by atoms with E-state index in [2.05, 4.69) is 27.8 Å². The quantitative estimate of drug-likeness (QED) is 0.830. The van der Waals surface area contributed by atoms with Gasteiger partial charge >= 0.3 is 0 Å². The first kappa shape index (κ1) is 14.3. The van der Waals surface area contributed by atoms with Crippen molar-refractivity contribution >= 4 is 23.4 Å². The van der Waals surface area contributed by atoms with Crippen LogP contribution in [0.15, 0.2) is 28.3 Å². The van der Waals surface area contributed by atoms with Crippen LogP contribution in [0.4, 0.5) is 0 Å². The number of halogens is 1. The molecule has 0 aliphatic rings. The molecule has 5 nitrogen and oxygen atoms in total. The highest BCUT2D eigenvalue weighted by Gasteiger charge is 2.09. The van der Waals surface area contributed by atoms with Crippen LogP contribution in [0.2, 0.25) is 5.02 Å². The van der Waals surface area contributed by atoms with E-state index in [9.17, 15) is 0 Å². The Labute approximate surface area is 121 Å². The minimum Gasteiger partial charge on any atom is -0.313 e. The van der Waals surface area contributed by atoms with Gasteiger partial charge in [0.1, 0.15) is 0 Å². The monoisotopic (exact) mass is 297 g/mol. The number of hydrogen-bond donors (Lipinski definition) is 1. The molecule has 0 aliphatic heterocycles. The molecule has 0 radical (unpaired) electrons. The zero-order chi connectivity index (χ0) is 13.7. The lowest BCUT2D eigenvalue weighted by atomic mass is 10.2. The van der Waals surface area contributed by atoms with E-state index >= 15 is 0 Å². The Hall–Kier alpha value is -1.11. The number of aromatic nitrogens is 4. The summed E-state index contributed by atoms with van der Waals surface area (Å²) < 4.78 is 1.66. The number of rotatable bonds is 6. The second kappa shape index (κ2) is 6.88. The van der Waals surface area contributed by atoms with Gasteiger partial charge in [-0.25, -0.2) is 4.68 Å². The van der Waals surface area contributed by atoms with E-state index in [0.717, 1.165) is 40.1 Å². The average molecular weight is 298 g/mol. The molecule has 1 N–H and O–H groups in total. The van der Waals surface area contributed by atoms with Gasteiger partial charge in [0, 0.05) is 23.5 Å². The molecule has 2 aromatic rings. The van der Waals surface area contributed by atoms with Gasteiger partial charge in [-0.15, -0.1) is 5.10 Å². The zero-order valence-electron chi connectivity index (χ0n) is 10.9. The predicted octanol–water partition coefficient (Wildman–Crippen LogP) is 2.51. The summed E-state index contributed by atoms with van der Waals surface area (Å²) in [5.74, 6) is 0. The maximum Gasteiger partial charge on any atom is 0.213 e. The van der Waals surface area contributed by atoms with Crippen LogP contribution in [-0.2, 0) is 13.6 Å². The number of aryl methyl sites for hydroxylation is 1. The van der Waals surface area contributed by atoms with Crippen LogP contribution < -0.4 is 5.32 Å². The first-order valence-corrected chi connectivity index (χ1v) is 7.29. The molecule has 1 heterocycles. The largest absolute Gasteiger partial charge is 0.313 e. The highest BCUT2D eigenvalue weighted by molar-refractivity contribution is 7.99. The molecule has 0 spiro atoms. The first-order valence-electron chi connectivity index (χ1n) is 6.10. The fraction of sp³-hybridized carbons (Fsp3) is 0.417. The van der Waals surface area contributed by atoms with Gasteiger partial charge in [-0.2, -0.15) is 0 Å². The van der Waals surface area contributed by atoms with Crippen molar-refractivity contribution in [2.24, 2.45) is 7.05 Å². The molecule has 0 fully saturated rings. The van der Waals surface area contributed by atoms with E-state index in [4.69, 9.17) is 11.6 Å². The molecule has 0 bridgehead atoms. The highest BCUT2D eigenvalue weighted by atomic mass is 35.5. The summed E-state index contributed by atoms with van der Waals surface area (Å²) in [5, 5.41) is 16.3. The molecule has 1 aromatic carbocycles. The maximum atomic E-state index is 6.06. The molecule has 1 aromatic heterocycles. The van der Waals surface area contributed by atoms with Crippen LogP contribution in [0.3, 0.4) is 0 Å². The van der Waals surface area contributed by atoms with Crippen molar-refractivity contribution in [2.75, 3.05) is 6.54 Å². The number of benzene rings is 1. The first-order chi connectivity index (χ1) is 9.20. The fourth-order valence-corrected chi connectivity index (χ4v) is 2.63. The van der Waals surface area contributed by atoms with Crippen LogP contribution in [0.5, 0.6) is 0 Å². The Morgan fingerprint density at radius 1 is 1.42 bits per heavy atom. The number of hydrogen-bond acceptors (Lipinski definition) is 5. The Balaban J connectivity index is 2.16. The molecule has 102 valence electrons. The van der Waals surface area contributed by atoms with Crippen molar-refractivity contribution in [1.29, 1.82) is 0 Å². The normalized spacial score (nSPS) is 10.9. The SMILES string of the molecule is CCCNCc1cc(Cl)ccc1Sc1nnnn1C. The third-order valence-corrected chi connectivity index (χ3v) is 3.93. The van der Waals surface area contributed by atoms with Crippen LogP contribution >= 0.6 is 23.4 Å². The van der Waals surface area contributed by atoms with Gasteiger partial charge in [0.15, 0.2) is 0 Å². The third-order valence-electron chi connectivity index (χ3n) is 2.55. The molecule has 0 atom stereocenters. The van der Waals surface area contributed by atoms with Crippen molar-refractivity contribution in [3.63, 3.8) is 0 Å². The van der Waals surface area contributed by atoms with Crippen molar-refractivity contribution in [2.45, 2.75) is 29.9 Å². The summed E-state index contributed by atoms with van der Waals surface area (Å²) in [5.41, 5.74) is 1.16. The molecule has 0 saturated carbocycles. The van der Waals surface area contributed by atoms with Crippen LogP contribution in [0, 0.1) is 0 Å². The summed E-state index contributed by atoms with van der Waals surface area (Å²) in [4.78, 5) is 1.12. The molecule has 2 rings (SSSR count). The molecule has 0 amide bonds. The van der Waals surface area contributed by atoms with Crippen LogP contribution in [0.25, 0.3) is 0 Å². The van der Waals surface area contributed by atoms with Crippen LogP contribution in [0.1, 0.15) is 18.9 Å². The lowest BCUT2D eigenvalue weighted by molar-refractivity contribution is 0.661. The Bertz CT molecular complexity index is 543. The lowest BCUT2D eigenvalue weighted by Crippen LogP contribution is -2.14. The van der Waals surface area contributed by atoms with E-state index in [0.29, 0.717) is 0 Å². The topological polar surface area (TPSA) is 55.6 Å². The zero-order valence-corrected chi connectivity index (χ0v) is 12.5. The second-order valence-electron chi connectivity index (χ2n) is 4.12. The molecule has 0 unspecified atom stereocenters. The predicted molar refractivity (Wildman–Crippen MR) is 76.4 cm³/mol. The maximum absolute atomic E-state index is 6.06. The van der Waals surface area contributed by atoms with Crippen molar-refractivity contribution in [1.82, 2.24) is 25.5 Å². The summed E-state index contributed by atoms with van der Waals surface area (Å²) in [6.07, 6.45) is 1.11.